The summed E-state index contributed by atoms with van der Waals surface area (Å²) in [5.41, 5.74) is 7.54. The van der Waals surface area contributed by atoms with Crippen molar-refractivity contribution >= 4 is 58.3 Å². The third kappa shape index (κ3) is 11.2. The van der Waals surface area contributed by atoms with E-state index in [9.17, 15) is 33.9 Å². The maximum absolute atomic E-state index is 13.2. The molecule has 2 aromatic carbocycles. The number of hydrazone groups is 1. The average molecular weight is 696 g/mol. The molecule has 6 N–H and O–H groups in total. The second-order valence-electron chi connectivity index (χ2n) is 14.4. The number of aliphatic carboxylic acids is 1. The standard InChI is InChI=1S/C36H49N5O9/c1-20(36(8,37)19-35(6,7)18-26(31(45)46)34(3,4)5)29(43)38-23-12-14-24(15-13-23)39-30(44)28(21(2)42)41-40-27-17-22(32(47)49-9)11-16-25(27)33(48)50-10/h11-17,20,26,40H,18-19,37H2,1-10H3,(H,38,43)(H,39,44)(H,45,46)/b41-28-. The topological polar surface area (TPSA) is 216 Å². The van der Waals surface area contributed by atoms with Crippen LogP contribution in [0.5, 0.6) is 0 Å². The number of methoxy groups -OCH3 is 2. The number of carbonyl (C=O) groups is 6. The fraction of sp³-hybridized carbons (Fsp3) is 0.472. The summed E-state index contributed by atoms with van der Waals surface area (Å²) in [6, 6.07) is 10.1. The predicted molar refractivity (Wildman–Crippen MR) is 190 cm³/mol. The summed E-state index contributed by atoms with van der Waals surface area (Å²) in [5, 5.41) is 19.1. The number of nitrogens with one attached hydrogen (secondary N) is 3. The number of carboxylic acids is 1. The monoisotopic (exact) mass is 695 g/mol. The first-order valence-electron chi connectivity index (χ1n) is 15.9. The Kier molecular flexibility index (Phi) is 13.6. The number of esters is 2. The van der Waals surface area contributed by atoms with Gasteiger partial charge in [0.05, 0.1) is 42.9 Å². The molecule has 0 heterocycles. The van der Waals surface area contributed by atoms with Crippen molar-refractivity contribution in [2.75, 3.05) is 30.3 Å². The summed E-state index contributed by atoms with van der Waals surface area (Å²) in [7, 11) is 2.36. The van der Waals surface area contributed by atoms with Crippen LogP contribution in [0.1, 0.15) is 88.9 Å². The van der Waals surface area contributed by atoms with Crippen molar-refractivity contribution in [3.63, 3.8) is 0 Å². The molecule has 2 rings (SSSR count). The van der Waals surface area contributed by atoms with Gasteiger partial charge in [0.1, 0.15) is 0 Å². The van der Waals surface area contributed by atoms with Crippen LogP contribution in [0.25, 0.3) is 0 Å². The first-order chi connectivity index (χ1) is 23.0. The number of ketones is 1. The maximum atomic E-state index is 13.2. The first kappa shape index (κ1) is 41.1. The molecule has 0 spiro atoms. The van der Waals surface area contributed by atoms with Gasteiger partial charge in [-0.25, -0.2) is 9.59 Å². The molecule has 14 heteroatoms. The lowest BCUT2D eigenvalue weighted by Gasteiger charge is -2.41. The Balaban J connectivity index is 2.16. The van der Waals surface area contributed by atoms with E-state index in [1.165, 1.54) is 44.6 Å². The number of anilines is 3. The van der Waals surface area contributed by atoms with Gasteiger partial charge in [-0.15, -0.1) is 0 Å². The van der Waals surface area contributed by atoms with Crippen molar-refractivity contribution in [1.82, 2.24) is 0 Å². The first-order valence-corrected chi connectivity index (χ1v) is 15.9. The number of amides is 2. The van der Waals surface area contributed by atoms with Gasteiger partial charge in [-0.1, -0.05) is 41.5 Å². The zero-order valence-electron chi connectivity index (χ0n) is 30.3. The molecule has 0 radical (unpaired) electrons. The Morgan fingerprint density at radius 2 is 1.40 bits per heavy atom. The molecule has 272 valence electrons. The van der Waals surface area contributed by atoms with E-state index in [4.69, 9.17) is 15.2 Å². The molecule has 0 aliphatic rings. The number of benzene rings is 2. The van der Waals surface area contributed by atoms with Crippen LogP contribution in [-0.4, -0.2) is 66.1 Å². The Morgan fingerprint density at radius 3 is 1.88 bits per heavy atom. The van der Waals surface area contributed by atoms with E-state index in [-0.39, 0.29) is 28.4 Å². The van der Waals surface area contributed by atoms with E-state index < -0.39 is 63.5 Å². The van der Waals surface area contributed by atoms with Gasteiger partial charge in [-0.05, 0) is 73.1 Å². The van der Waals surface area contributed by atoms with E-state index in [1.54, 1.807) is 26.0 Å². The third-order valence-corrected chi connectivity index (χ3v) is 8.44. The molecule has 0 saturated carbocycles. The Bertz CT molecular complexity index is 1640. The molecule has 3 atom stereocenters. The van der Waals surface area contributed by atoms with Gasteiger partial charge in [-0.3, -0.25) is 24.6 Å². The van der Waals surface area contributed by atoms with E-state index >= 15 is 0 Å². The molecule has 0 aromatic heterocycles. The van der Waals surface area contributed by atoms with Crippen molar-refractivity contribution in [1.29, 1.82) is 0 Å². The number of rotatable bonds is 15. The third-order valence-electron chi connectivity index (χ3n) is 8.44. The summed E-state index contributed by atoms with van der Waals surface area (Å²) in [4.78, 5) is 74.8. The van der Waals surface area contributed by atoms with Crippen molar-refractivity contribution in [3.05, 3.63) is 53.6 Å². The van der Waals surface area contributed by atoms with Crippen LogP contribution >= 0.6 is 0 Å². The highest BCUT2D eigenvalue weighted by Gasteiger charge is 2.41. The Labute approximate surface area is 292 Å². The number of carbonyl (C=O) groups excluding carboxylic acids is 5. The second kappa shape index (κ2) is 16.5. The summed E-state index contributed by atoms with van der Waals surface area (Å²) in [6.45, 7) is 14.2. The molecule has 3 unspecified atom stereocenters. The average Bonchev–Trinajstić information content (AvgIpc) is 3.02. The van der Waals surface area contributed by atoms with Crippen LogP contribution in [0.15, 0.2) is 47.6 Å². The van der Waals surface area contributed by atoms with E-state index in [0.717, 1.165) is 6.92 Å². The van der Waals surface area contributed by atoms with Gasteiger partial charge >= 0.3 is 17.9 Å². The Morgan fingerprint density at radius 1 is 0.860 bits per heavy atom. The second-order valence-corrected chi connectivity index (χ2v) is 14.4. The molecule has 0 bridgehead atoms. The molecule has 50 heavy (non-hydrogen) atoms. The van der Waals surface area contributed by atoms with Crippen molar-refractivity contribution < 1.29 is 43.3 Å². The lowest BCUT2D eigenvalue weighted by atomic mass is 9.66. The molecule has 0 saturated heterocycles. The minimum absolute atomic E-state index is 0.00729. The summed E-state index contributed by atoms with van der Waals surface area (Å²) in [5.74, 6) is -5.43. The SMILES string of the molecule is COC(=O)c1ccc(C(=O)OC)c(N/N=C(/C(C)=O)C(=O)Nc2ccc(NC(=O)C(C)C(C)(N)CC(C)(C)CC(C(=O)O)C(C)(C)C)cc2)c1. The zero-order valence-corrected chi connectivity index (χ0v) is 30.3. The van der Waals surface area contributed by atoms with E-state index in [2.05, 4.69) is 21.2 Å². The van der Waals surface area contributed by atoms with Crippen LogP contribution in [0.4, 0.5) is 17.1 Å². The quantitative estimate of drug-likeness (QED) is 0.0715. The highest BCUT2D eigenvalue weighted by Crippen LogP contribution is 2.41. The highest BCUT2D eigenvalue weighted by atomic mass is 16.5. The molecular weight excluding hydrogens is 646 g/mol. The maximum Gasteiger partial charge on any atom is 0.340 e. The van der Waals surface area contributed by atoms with Gasteiger partial charge in [0.15, 0.2) is 11.5 Å². The predicted octanol–water partition coefficient (Wildman–Crippen LogP) is 5.10. The summed E-state index contributed by atoms with van der Waals surface area (Å²) < 4.78 is 9.46. The van der Waals surface area contributed by atoms with Gasteiger partial charge < -0.3 is 30.9 Å². The fourth-order valence-corrected chi connectivity index (χ4v) is 5.53. The number of hydrogen-bond donors (Lipinski definition) is 5. The molecule has 2 aromatic rings. The van der Waals surface area contributed by atoms with Gasteiger partial charge in [-0.2, -0.15) is 5.10 Å². The van der Waals surface area contributed by atoms with Crippen LogP contribution in [-0.2, 0) is 28.7 Å². The van der Waals surface area contributed by atoms with Gasteiger partial charge in [0.25, 0.3) is 5.91 Å². The number of ether oxygens (including phenoxy) is 2. The fourth-order valence-electron chi connectivity index (χ4n) is 5.53. The van der Waals surface area contributed by atoms with Gasteiger partial charge in [0.2, 0.25) is 5.91 Å². The van der Waals surface area contributed by atoms with Crippen LogP contribution in [0.2, 0.25) is 0 Å². The molecule has 0 aliphatic heterocycles. The van der Waals surface area contributed by atoms with Crippen molar-refractivity contribution in [2.24, 2.45) is 33.5 Å². The lowest BCUT2D eigenvalue weighted by molar-refractivity contribution is -0.147. The molecule has 0 fully saturated rings. The van der Waals surface area contributed by atoms with Gasteiger partial charge in [0, 0.05) is 23.8 Å². The summed E-state index contributed by atoms with van der Waals surface area (Å²) in [6.07, 6.45) is 0.790. The number of nitrogens with zero attached hydrogens (tertiary/aromatic N) is 1. The molecule has 2 amide bonds. The lowest BCUT2D eigenvalue weighted by Crippen LogP contribution is -2.51. The minimum Gasteiger partial charge on any atom is -0.481 e. The largest absolute Gasteiger partial charge is 0.481 e. The number of Topliss-reactive ketones (excluding diaryl/α,β-unsaturated/α-hetero) is 1. The van der Waals surface area contributed by atoms with E-state index in [1.807, 2.05) is 34.6 Å². The zero-order chi connectivity index (χ0) is 38.2. The number of carboxylic acid groups (broad SMARTS) is 1. The smallest absolute Gasteiger partial charge is 0.340 e. The van der Waals surface area contributed by atoms with Crippen molar-refractivity contribution in [2.45, 2.75) is 73.8 Å². The molecular formula is C36H49N5O9. The summed E-state index contributed by atoms with van der Waals surface area (Å²) >= 11 is 0. The van der Waals surface area contributed by atoms with E-state index in [0.29, 0.717) is 18.5 Å². The normalized spacial score (nSPS) is 14.3. The van der Waals surface area contributed by atoms with Crippen LogP contribution in [0.3, 0.4) is 0 Å². The molecule has 14 nitrogen and oxygen atoms in total. The molecule has 0 aliphatic carbocycles. The number of hydrogen-bond acceptors (Lipinski definition) is 11. The minimum atomic E-state index is -0.961. The van der Waals surface area contributed by atoms with Crippen LogP contribution < -0.4 is 21.8 Å². The van der Waals surface area contributed by atoms with Crippen LogP contribution in [0, 0.1) is 22.7 Å². The highest BCUT2D eigenvalue weighted by molar-refractivity contribution is 6.67. The number of nitrogens with two attached hydrogens (primary N) is 1. The Hall–Kier alpha value is -5.11. The van der Waals surface area contributed by atoms with Crippen molar-refractivity contribution in [3.8, 4) is 0 Å².